The van der Waals surface area contributed by atoms with Crippen molar-refractivity contribution in [2.24, 2.45) is 0 Å². The van der Waals surface area contributed by atoms with Crippen LogP contribution in [0.5, 0.6) is 0 Å². The van der Waals surface area contributed by atoms with Crippen molar-refractivity contribution in [1.29, 1.82) is 0 Å². The largest absolute Gasteiger partial charge is 0.380 e. The van der Waals surface area contributed by atoms with Gasteiger partial charge in [-0.2, -0.15) is 0 Å². The van der Waals surface area contributed by atoms with Crippen LogP contribution in [0.1, 0.15) is 41.0 Å². The molecule has 1 rings (SSSR count). The van der Waals surface area contributed by atoms with Crippen LogP contribution in [-0.2, 0) is 4.74 Å². The molecule has 0 bridgehead atoms. The Kier molecular flexibility index (Phi) is 2.75. The van der Waals surface area contributed by atoms with Crippen molar-refractivity contribution >= 4 is 0 Å². The van der Waals surface area contributed by atoms with E-state index in [4.69, 9.17) is 4.74 Å². The predicted octanol–water partition coefficient (Wildman–Crippen LogP) is 2.28. The molecule has 78 valence electrons. The summed E-state index contributed by atoms with van der Waals surface area (Å²) >= 11 is 0. The summed E-state index contributed by atoms with van der Waals surface area (Å²) in [5.74, 6) is 0. The SMILES string of the molecule is CO[C@H]1CN(C(C)(C)C)C(C)(C)C1. The zero-order chi connectivity index (χ0) is 10.3. The normalized spacial score (nSPS) is 29.5. The fourth-order valence-corrected chi connectivity index (χ4v) is 2.52. The second kappa shape index (κ2) is 3.25. The third-order valence-electron chi connectivity index (χ3n) is 2.99. The van der Waals surface area contributed by atoms with Gasteiger partial charge in [-0.1, -0.05) is 0 Å². The highest BCUT2D eigenvalue weighted by Crippen LogP contribution is 2.35. The lowest BCUT2D eigenvalue weighted by atomic mass is 9.96. The Morgan fingerprint density at radius 3 is 2.08 bits per heavy atom. The lowest BCUT2D eigenvalue weighted by Crippen LogP contribution is -2.50. The van der Waals surface area contributed by atoms with Gasteiger partial charge in [0.1, 0.15) is 0 Å². The molecule has 1 atom stereocenters. The average Bonchev–Trinajstić information content (AvgIpc) is 2.24. The Morgan fingerprint density at radius 1 is 1.31 bits per heavy atom. The fraction of sp³-hybridized carbons (Fsp3) is 1.00. The first-order chi connectivity index (χ1) is 5.77. The van der Waals surface area contributed by atoms with Crippen molar-refractivity contribution in [3.63, 3.8) is 0 Å². The number of nitrogens with zero attached hydrogens (tertiary/aromatic N) is 1. The summed E-state index contributed by atoms with van der Waals surface area (Å²) in [6, 6.07) is 0. The monoisotopic (exact) mass is 185 g/mol. The molecule has 13 heavy (non-hydrogen) atoms. The van der Waals surface area contributed by atoms with Crippen LogP contribution in [0.15, 0.2) is 0 Å². The zero-order valence-corrected chi connectivity index (χ0v) is 9.85. The topological polar surface area (TPSA) is 12.5 Å². The van der Waals surface area contributed by atoms with Crippen molar-refractivity contribution in [3.8, 4) is 0 Å². The molecule has 0 saturated carbocycles. The van der Waals surface area contributed by atoms with Gasteiger partial charge in [-0.15, -0.1) is 0 Å². The molecule has 0 aliphatic carbocycles. The smallest absolute Gasteiger partial charge is 0.0716 e. The maximum atomic E-state index is 5.43. The van der Waals surface area contributed by atoms with E-state index in [0.717, 1.165) is 13.0 Å². The van der Waals surface area contributed by atoms with E-state index in [1.54, 1.807) is 0 Å². The van der Waals surface area contributed by atoms with E-state index in [2.05, 4.69) is 39.5 Å². The van der Waals surface area contributed by atoms with Crippen molar-refractivity contribution < 1.29 is 4.74 Å². The Bertz CT molecular complexity index is 181. The van der Waals surface area contributed by atoms with Crippen LogP contribution in [0.3, 0.4) is 0 Å². The minimum absolute atomic E-state index is 0.247. The summed E-state index contributed by atoms with van der Waals surface area (Å²) in [6.07, 6.45) is 1.55. The maximum absolute atomic E-state index is 5.43. The molecule has 1 fully saturated rings. The summed E-state index contributed by atoms with van der Waals surface area (Å²) in [5.41, 5.74) is 0.524. The van der Waals surface area contributed by atoms with Crippen molar-refractivity contribution in [2.75, 3.05) is 13.7 Å². The highest BCUT2D eigenvalue weighted by molar-refractivity contribution is 4.98. The molecule has 0 aromatic rings. The Balaban J connectivity index is 2.76. The first-order valence-electron chi connectivity index (χ1n) is 5.08. The van der Waals surface area contributed by atoms with Gasteiger partial charge in [0.25, 0.3) is 0 Å². The Hall–Kier alpha value is -0.0800. The molecule has 1 aliphatic rings. The van der Waals surface area contributed by atoms with E-state index in [9.17, 15) is 0 Å². The van der Waals surface area contributed by atoms with Crippen LogP contribution in [-0.4, -0.2) is 35.7 Å². The summed E-state index contributed by atoms with van der Waals surface area (Å²) in [4.78, 5) is 2.54. The summed E-state index contributed by atoms with van der Waals surface area (Å²) < 4.78 is 5.43. The second-order valence-corrected chi connectivity index (χ2v) is 5.66. The fourth-order valence-electron chi connectivity index (χ4n) is 2.52. The minimum atomic E-state index is 0.247. The van der Waals surface area contributed by atoms with Crippen LogP contribution in [0.25, 0.3) is 0 Å². The van der Waals surface area contributed by atoms with E-state index in [0.29, 0.717) is 6.10 Å². The number of ether oxygens (including phenoxy) is 1. The van der Waals surface area contributed by atoms with E-state index < -0.39 is 0 Å². The molecular formula is C11H23NO. The lowest BCUT2D eigenvalue weighted by molar-refractivity contribution is 0.0580. The van der Waals surface area contributed by atoms with Gasteiger partial charge in [-0.25, -0.2) is 0 Å². The maximum Gasteiger partial charge on any atom is 0.0716 e. The molecule has 0 unspecified atom stereocenters. The van der Waals surface area contributed by atoms with Crippen LogP contribution in [0.2, 0.25) is 0 Å². The molecule has 1 aliphatic heterocycles. The Labute approximate surface area is 82.3 Å². The molecule has 2 heteroatoms. The first kappa shape index (κ1) is 11.0. The van der Waals surface area contributed by atoms with E-state index in [-0.39, 0.29) is 11.1 Å². The van der Waals surface area contributed by atoms with Gasteiger partial charge in [0.05, 0.1) is 6.10 Å². The molecule has 0 aromatic heterocycles. The van der Waals surface area contributed by atoms with Crippen molar-refractivity contribution in [1.82, 2.24) is 4.90 Å². The van der Waals surface area contributed by atoms with E-state index >= 15 is 0 Å². The molecule has 0 N–H and O–H groups in total. The van der Waals surface area contributed by atoms with Gasteiger partial charge in [0.2, 0.25) is 0 Å². The molecule has 2 nitrogen and oxygen atoms in total. The predicted molar refractivity (Wildman–Crippen MR) is 56.0 cm³/mol. The molecule has 0 amide bonds. The van der Waals surface area contributed by atoms with Gasteiger partial charge in [0.15, 0.2) is 0 Å². The van der Waals surface area contributed by atoms with Gasteiger partial charge in [0, 0.05) is 24.7 Å². The van der Waals surface area contributed by atoms with Gasteiger partial charge >= 0.3 is 0 Å². The third kappa shape index (κ3) is 2.23. The number of hydrogen-bond donors (Lipinski definition) is 0. The molecule has 0 radical (unpaired) electrons. The van der Waals surface area contributed by atoms with Gasteiger partial charge < -0.3 is 4.74 Å². The number of methoxy groups -OCH3 is 1. The number of hydrogen-bond acceptors (Lipinski definition) is 2. The second-order valence-electron chi connectivity index (χ2n) is 5.66. The lowest BCUT2D eigenvalue weighted by Gasteiger charge is -2.41. The number of rotatable bonds is 1. The molecule has 0 spiro atoms. The van der Waals surface area contributed by atoms with Crippen molar-refractivity contribution in [3.05, 3.63) is 0 Å². The minimum Gasteiger partial charge on any atom is -0.380 e. The van der Waals surface area contributed by atoms with E-state index in [1.807, 2.05) is 7.11 Å². The highest BCUT2D eigenvalue weighted by Gasteiger charge is 2.43. The quantitative estimate of drug-likeness (QED) is 0.621. The third-order valence-corrected chi connectivity index (χ3v) is 2.99. The van der Waals surface area contributed by atoms with Gasteiger partial charge in [-0.3, -0.25) is 4.90 Å². The van der Waals surface area contributed by atoms with Crippen LogP contribution < -0.4 is 0 Å². The summed E-state index contributed by atoms with van der Waals surface area (Å²) in [6.45, 7) is 12.5. The van der Waals surface area contributed by atoms with Crippen molar-refractivity contribution in [2.45, 2.75) is 58.2 Å². The molecule has 1 heterocycles. The van der Waals surface area contributed by atoms with Gasteiger partial charge in [-0.05, 0) is 41.0 Å². The summed E-state index contributed by atoms with van der Waals surface area (Å²) in [5, 5.41) is 0. The average molecular weight is 185 g/mol. The van der Waals surface area contributed by atoms with Crippen LogP contribution >= 0.6 is 0 Å². The molecule has 0 aromatic carbocycles. The first-order valence-corrected chi connectivity index (χ1v) is 5.08. The van der Waals surface area contributed by atoms with Crippen LogP contribution in [0, 0.1) is 0 Å². The standard InChI is InChI=1S/C11H23NO/c1-10(2,3)12-8-9(13-6)7-11(12,4)5/h9H,7-8H2,1-6H3/t9-/m1/s1. The highest BCUT2D eigenvalue weighted by atomic mass is 16.5. The molecular weight excluding hydrogens is 162 g/mol. The van der Waals surface area contributed by atoms with E-state index in [1.165, 1.54) is 0 Å². The summed E-state index contributed by atoms with van der Waals surface area (Å²) in [7, 11) is 1.81. The zero-order valence-electron chi connectivity index (χ0n) is 9.85. The molecule has 1 saturated heterocycles. The number of likely N-dealkylation sites (tertiary alicyclic amines) is 1. The Morgan fingerprint density at radius 2 is 1.85 bits per heavy atom. The van der Waals surface area contributed by atoms with Crippen LogP contribution in [0.4, 0.5) is 0 Å².